The average molecular weight is 313 g/mol. The van der Waals surface area contributed by atoms with Gasteiger partial charge in [0.2, 0.25) is 0 Å². The molecule has 122 valence electrons. The van der Waals surface area contributed by atoms with Gasteiger partial charge < -0.3 is 40.0 Å². The molecule has 0 aromatic heterocycles. The number of nitrogens with one attached hydrogen (secondary N) is 1. The Hall–Kier alpha value is -1.00. The van der Waals surface area contributed by atoms with Gasteiger partial charge in [0, 0.05) is 17.7 Å². The van der Waals surface area contributed by atoms with Gasteiger partial charge in [-0.25, -0.2) is 0 Å². The van der Waals surface area contributed by atoms with Gasteiger partial charge in [-0.3, -0.25) is 0 Å². The Morgan fingerprint density at radius 1 is 1.18 bits per heavy atom. The summed E-state index contributed by atoms with van der Waals surface area (Å²) < 4.78 is 17.0. The van der Waals surface area contributed by atoms with Crippen LogP contribution in [0.5, 0.6) is 0 Å². The number of allylic oxidation sites excluding steroid dienone is 1. The summed E-state index contributed by atoms with van der Waals surface area (Å²) in [7, 11) is 0. The van der Waals surface area contributed by atoms with E-state index in [1.807, 2.05) is 12.2 Å². The van der Waals surface area contributed by atoms with Crippen molar-refractivity contribution in [3.05, 3.63) is 23.4 Å². The van der Waals surface area contributed by atoms with Crippen molar-refractivity contribution in [3.8, 4) is 0 Å². The molecule has 5 heterocycles. The molecule has 5 N–H and O–H groups in total. The van der Waals surface area contributed by atoms with Crippen molar-refractivity contribution in [1.82, 2.24) is 5.32 Å². The molecule has 1 aliphatic carbocycles. The van der Waals surface area contributed by atoms with Crippen LogP contribution in [0.4, 0.5) is 0 Å². The zero-order valence-electron chi connectivity index (χ0n) is 11.7. The fourth-order valence-electron chi connectivity index (χ4n) is 3.33. The second-order valence-corrected chi connectivity index (χ2v) is 5.98. The standard InChI is InChI=1S/C14H19NO7/c16-4-8-10(17)11(18)12(19)14(22-8)21-7-3-5-1-2-6-9(7)13(15-6)20-5/h1-2,5,7-8,10-19H,3-4H2/t5-,7-,8+,10+,11-,12+,13-,14+/m0/s1. The van der Waals surface area contributed by atoms with E-state index >= 15 is 0 Å². The van der Waals surface area contributed by atoms with E-state index in [1.165, 1.54) is 0 Å². The SMILES string of the molecule is OC[C@H]1O[C@@H](O[C@H]2C[C@@H]3C=CC4=C2[C@@H](N4)O3)[C@H](O)[C@@H](O)[C@@H]1O. The molecule has 2 fully saturated rings. The van der Waals surface area contributed by atoms with Crippen molar-refractivity contribution < 1.29 is 34.6 Å². The summed E-state index contributed by atoms with van der Waals surface area (Å²) in [5, 5.41) is 42.0. The maximum absolute atomic E-state index is 10.0. The Labute approximate surface area is 126 Å². The molecule has 0 unspecified atom stereocenters. The van der Waals surface area contributed by atoms with Gasteiger partial charge in [0.1, 0.15) is 24.4 Å². The summed E-state index contributed by atoms with van der Waals surface area (Å²) in [6, 6.07) is 0. The van der Waals surface area contributed by atoms with E-state index in [9.17, 15) is 20.4 Å². The van der Waals surface area contributed by atoms with Crippen LogP contribution in [0.25, 0.3) is 0 Å². The largest absolute Gasteiger partial charge is 0.394 e. The maximum Gasteiger partial charge on any atom is 0.187 e. The molecule has 2 saturated heterocycles. The fourth-order valence-corrected chi connectivity index (χ4v) is 3.33. The summed E-state index contributed by atoms with van der Waals surface area (Å²) >= 11 is 0. The van der Waals surface area contributed by atoms with Crippen LogP contribution in [-0.2, 0) is 14.2 Å². The van der Waals surface area contributed by atoms with E-state index in [-0.39, 0.29) is 18.4 Å². The molecule has 8 atom stereocenters. The fraction of sp³-hybridized carbons (Fsp3) is 0.714. The second-order valence-electron chi connectivity index (χ2n) is 5.98. The summed E-state index contributed by atoms with van der Waals surface area (Å²) in [6.07, 6.45) is -2.40. The zero-order chi connectivity index (χ0) is 15.4. The molecule has 6 rings (SSSR count). The smallest absolute Gasteiger partial charge is 0.187 e. The summed E-state index contributed by atoms with van der Waals surface area (Å²) in [5.41, 5.74) is 1.90. The van der Waals surface area contributed by atoms with Crippen LogP contribution >= 0.6 is 0 Å². The molecule has 8 nitrogen and oxygen atoms in total. The van der Waals surface area contributed by atoms with E-state index < -0.39 is 37.3 Å². The predicted octanol–water partition coefficient (Wildman–Crippen LogP) is -2.29. The number of ether oxygens (including phenoxy) is 3. The van der Waals surface area contributed by atoms with Gasteiger partial charge in [-0.05, 0) is 6.08 Å². The minimum absolute atomic E-state index is 0.0869. The van der Waals surface area contributed by atoms with E-state index in [0.29, 0.717) is 6.42 Å². The van der Waals surface area contributed by atoms with Crippen LogP contribution in [0.15, 0.2) is 23.4 Å². The lowest BCUT2D eigenvalue weighted by Gasteiger charge is -2.46. The summed E-state index contributed by atoms with van der Waals surface area (Å²) in [5.74, 6) is 0. The summed E-state index contributed by atoms with van der Waals surface area (Å²) in [6.45, 7) is -0.471. The normalized spacial score (nSPS) is 49.6. The molecular weight excluding hydrogens is 294 g/mol. The van der Waals surface area contributed by atoms with Crippen molar-refractivity contribution in [2.75, 3.05) is 6.61 Å². The third-order valence-corrected chi connectivity index (χ3v) is 4.61. The van der Waals surface area contributed by atoms with Crippen LogP contribution in [0, 0.1) is 0 Å². The minimum Gasteiger partial charge on any atom is -0.394 e. The highest BCUT2D eigenvalue weighted by molar-refractivity contribution is 5.42. The van der Waals surface area contributed by atoms with Crippen molar-refractivity contribution in [2.45, 2.75) is 55.6 Å². The van der Waals surface area contributed by atoms with Crippen LogP contribution < -0.4 is 5.32 Å². The van der Waals surface area contributed by atoms with E-state index in [2.05, 4.69) is 5.32 Å². The van der Waals surface area contributed by atoms with Gasteiger partial charge in [-0.1, -0.05) is 6.08 Å². The van der Waals surface area contributed by atoms with Crippen LogP contribution in [0.1, 0.15) is 6.42 Å². The van der Waals surface area contributed by atoms with Crippen LogP contribution in [0.2, 0.25) is 0 Å². The minimum atomic E-state index is -1.43. The maximum atomic E-state index is 10.0. The van der Waals surface area contributed by atoms with Gasteiger partial charge >= 0.3 is 0 Å². The number of fused-ring (bicyclic) bond motifs is 1. The van der Waals surface area contributed by atoms with Gasteiger partial charge in [0.05, 0.1) is 18.8 Å². The molecule has 5 aliphatic heterocycles. The molecule has 0 spiro atoms. The first-order valence-electron chi connectivity index (χ1n) is 7.38. The number of hydrogen-bond donors (Lipinski definition) is 5. The van der Waals surface area contributed by atoms with Gasteiger partial charge in [0.25, 0.3) is 0 Å². The number of rotatable bonds is 3. The number of aliphatic hydroxyl groups is 4. The number of hydrogen-bond acceptors (Lipinski definition) is 8. The molecule has 0 aromatic carbocycles. The highest BCUT2D eigenvalue weighted by Gasteiger charge is 2.49. The van der Waals surface area contributed by atoms with Gasteiger partial charge in [-0.15, -0.1) is 0 Å². The van der Waals surface area contributed by atoms with Crippen molar-refractivity contribution in [2.24, 2.45) is 0 Å². The summed E-state index contributed by atoms with van der Waals surface area (Å²) in [4.78, 5) is 0. The lowest BCUT2D eigenvalue weighted by molar-refractivity contribution is -0.312. The average Bonchev–Trinajstić information content (AvgIpc) is 2.84. The molecule has 8 heteroatoms. The molecular formula is C14H19NO7. The Morgan fingerprint density at radius 3 is 2.77 bits per heavy atom. The topological polar surface area (TPSA) is 121 Å². The Morgan fingerprint density at radius 2 is 2.00 bits per heavy atom. The van der Waals surface area contributed by atoms with Gasteiger partial charge in [0.15, 0.2) is 12.5 Å². The lowest BCUT2D eigenvalue weighted by Crippen LogP contribution is -2.61. The van der Waals surface area contributed by atoms with Crippen molar-refractivity contribution in [1.29, 1.82) is 0 Å². The predicted molar refractivity (Wildman–Crippen MR) is 71.2 cm³/mol. The molecule has 0 saturated carbocycles. The Bertz CT molecular complexity index is 519. The first kappa shape index (κ1) is 14.6. The van der Waals surface area contributed by atoms with Crippen LogP contribution in [0.3, 0.4) is 0 Å². The highest BCUT2D eigenvalue weighted by atomic mass is 16.7. The van der Waals surface area contributed by atoms with Crippen molar-refractivity contribution in [3.63, 3.8) is 0 Å². The van der Waals surface area contributed by atoms with E-state index in [0.717, 1.165) is 11.3 Å². The molecule has 0 amide bonds. The lowest BCUT2D eigenvalue weighted by atomic mass is 9.93. The number of aliphatic hydroxyl groups excluding tert-OH is 4. The van der Waals surface area contributed by atoms with E-state index in [4.69, 9.17) is 14.2 Å². The third kappa shape index (κ3) is 2.11. The molecule has 6 aliphatic rings. The first-order chi connectivity index (χ1) is 10.6. The Balaban J connectivity index is 1.51. The molecule has 0 radical (unpaired) electrons. The third-order valence-electron chi connectivity index (χ3n) is 4.61. The molecule has 4 bridgehead atoms. The zero-order valence-corrected chi connectivity index (χ0v) is 11.7. The second kappa shape index (κ2) is 5.27. The first-order valence-corrected chi connectivity index (χ1v) is 7.38. The van der Waals surface area contributed by atoms with E-state index in [1.54, 1.807) is 0 Å². The van der Waals surface area contributed by atoms with Crippen molar-refractivity contribution >= 4 is 0 Å². The molecule has 22 heavy (non-hydrogen) atoms. The Kier molecular flexibility index (Phi) is 3.50. The monoisotopic (exact) mass is 313 g/mol. The van der Waals surface area contributed by atoms with Gasteiger partial charge in [-0.2, -0.15) is 0 Å². The highest BCUT2D eigenvalue weighted by Crippen LogP contribution is 2.39. The quantitative estimate of drug-likeness (QED) is 0.395. The molecule has 0 aromatic rings. The van der Waals surface area contributed by atoms with Crippen LogP contribution in [-0.4, -0.2) is 76.2 Å².